The minimum atomic E-state index is -0.702. The Morgan fingerprint density at radius 2 is 1.45 bits per heavy atom. The topological polar surface area (TPSA) is 66.8 Å². The van der Waals surface area contributed by atoms with Crippen LogP contribution in [0.1, 0.15) is 102 Å². The maximum absolute atomic E-state index is 10.7. The van der Waals surface area contributed by atoms with Gasteiger partial charge in [-0.15, -0.1) is 0 Å². The number of hydrogen-bond acceptors (Lipinski definition) is 3. The summed E-state index contributed by atoms with van der Waals surface area (Å²) in [7, 11) is 0. The van der Waals surface area contributed by atoms with E-state index in [9.17, 15) is 9.90 Å². The molecule has 0 fully saturated rings. The molecule has 2 unspecified atom stereocenters. The number of hydrogen-bond donors (Lipinski definition) is 2. The fourth-order valence-electron chi connectivity index (χ4n) is 3.64. The summed E-state index contributed by atoms with van der Waals surface area (Å²) in [6.45, 7) is 2.77. The number of benzene rings is 1. The van der Waals surface area contributed by atoms with Gasteiger partial charge in [0.05, 0.1) is 18.8 Å². The molecule has 4 nitrogen and oxygen atoms in total. The molecule has 0 aliphatic rings. The van der Waals surface area contributed by atoms with Crippen LogP contribution in [0.25, 0.3) is 0 Å². The Morgan fingerprint density at radius 3 is 2.10 bits per heavy atom. The van der Waals surface area contributed by atoms with Crippen molar-refractivity contribution in [2.45, 2.75) is 116 Å². The quantitative estimate of drug-likeness (QED) is 0.257. The molecule has 0 aromatic heterocycles. The van der Waals surface area contributed by atoms with Crippen LogP contribution in [0, 0.1) is 0 Å². The van der Waals surface area contributed by atoms with Crippen molar-refractivity contribution in [3.63, 3.8) is 0 Å². The summed E-state index contributed by atoms with van der Waals surface area (Å²) in [6, 6.07) is 10.2. The van der Waals surface area contributed by atoms with Crippen LogP contribution in [-0.2, 0) is 16.1 Å². The van der Waals surface area contributed by atoms with Crippen molar-refractivity contribution in [1.82, 2.24) is 0 Å². The Kier molecular flexibility index (Phi) is 15.4. The number of carboxylic acids is 1. The van der Waals surface area contributed by atoms with E-state index in [1.807, 2.05) is 18.2 Å². The van der Waals surface area contributed by atoms with E-state index in [1.165, 1.54) is 25.7 Å². The van der Waals surface area contributed by atoms with Crippen LogP contribution in [0.4, 0.5) is 0 Å². The first-order chi connectivity index (χ1) is 14.1. The molecule has 0 saturated heterocycles. The van der Waals surface area contributed by atoms with Gasteiger partial charge in [-0.1, -0.05) is 101 Å². The predicted molar refractivity (Wildman–Crippen MR) is 119 cm³/mol. The first-order valence-electron chi connectivity index (χ1n) is 11.7. The Labute approximate surface area is 177 Å². The Morgan fingerprint density at radius 1 is 0.862 bits per heavy atom. The summed E-state index contributed by atoms with van der Waals surface area (Å²) in [5, 5.41) is 19.4. The van der Waals surface area contributed by atoms with E-state index < -0.39 is 12.1 Å². The van der Waals surface area contributed by atoms with Crippen molar-refractivity contribution in [2.24, 2.45) is 0 Å². The molecule has 0 amide bonds. The normalized spacial score (nSPS) is 13.3. The van der Waals surface area contributed by atoms with Crippen LogP contribution in [0.15, 0.2) is 30.3 Å². The highest BCUT2D eigenvalue weighted by Gasteiger charge is 2.19. The van der Waals surface area contributed by atoms with Gasteiger partial charge < -0.3 is 14.9 Å². The highest BCUT2D eigenvalue weighted by atomic mass is 16.5. The lowest BCUT2D eigenvalue weighted by Crippen LogP contribution is -2.29. The van der Waals surface area contributed by atoms with Crippen LogP contribution in [0.3, 0.4) is 0 Å². The van der Waals surface area contributed by atoms with E-state index in [4.69, 9.17) is 9.84 Å². The van der Waals surface area contributed by atoms with Gasteiger partial charge in [0, 0.05) is 6.42 Å². The van der Waals surface area contributed by atoms with Crippen molar-refractivity contribution in [3.8, 4) is 0 Å². The molecule has 0 aliphatic carbocycles. The number of rotatable bonds is 19. The van der Waals surface area contributed by atoms with E-state index in [-0.39, 0.29) is 12.5 Å². The van der Waals surface area contributed by atoms with Crippen molar-refractivity contribution in [1.29, 1.82) is 0 Å². The monoisotopic (exact) mass is 406 g/mol. The van der Waals surface area contributed by atoms with Gasteiger partial charge in [0.2, 0.25) is 0 Å². The van der Waals surface area contributed by atoms with E-state index >= 15 is 0 Å². The average molecular weight is 407 g/mol. The molecule has 1 aromatic rings. The highest BCUT2D eigenvalue weighted by molar-refractivity contribution is 5.66. The number of aliphatic hydroxyl groups is 1. The van der Waals surface area contributed by atoms with Crippen LogP contribution >= 0.6 is 0 Å². The maximum Gasteiger partial charge on any atom is 0.303 e. The standard InChI is InChI=1S/C25H42O4/c1-2-3-4-7-13-18-23(26)24(29-21-22-16-11-10-12-17-22)19-14-8-5-6-9-15-20-25(27)28/h10-12,16-17,23-24,26H,2-9,13-15,18-21H2,1H3,(H,27,28). The van der Waals surface area contributed by atoms with Gasteiger partial charge in [-0.05, 0) is 24.8 Å². The van der Waals surface area contributed by atoms with Crippen molar-refractivity contribution in [3.05, 3.63) is 35.9 Å². The zero-order chi connectivity index (χ0) is 21.2. The molecule has 2 atom stereocenters. The lowest BCUT2D eigenvalue weighted by atomic mass is 9.99. The number of carboxylic acid groups (broad SMARTS) is 1. The Bertz CT molecular complexity index is 503. The zero-order valence-electron chi connectivity index (χ0n) is 18.4. The number of aliphatic carboxylic acids is 1. The third kappa shape index (κ3) is 14.3. The fourth-order valence-corrected chi connectivity index (χ4v) is 3.64. The van der Waals surface area contributed by atoms with Crippen LogP contribution < -0.4 is 0 Å². The number of unbranched alkanes of at least 4 members (excludes halogenated alkanes) is 9. The Hall–Kier alpha value is -1.39. The van der Waals surface area contributed by atoms with E-state index in [0.717, 1.165) is 63.4 Å². The van der Waals surface area contributed by atoms with Crippen molar-refractivity contribution < 1.29 is 19.7 Å². The molecule has 166 valence electrons. The van der Waals surface area contributed by atoms with E-state index in [0.29, 0.717) is 6.61 Å². The maximum atomic E-state index is 10.7. The van der Waals surface area contributed by atoms with Gasteiger partial charge in [0.1, 0.15) is 0 Å². The van der Waals surface area contributed by atoms with Crippen LogP contribution in [0.2, 0.25) is 0 Å². The molecule has 29 heavy (non-hydrogen) atoms. The third-order valence-corrected chi connectivity index (χ3v) is 5.47. The van der Waals surface area contributed by atoms with Gasteiger partial charge in [-0.2, -0.15) is 0 Å². The van der Waals surface area contributed by atoms with E-state index in [2.05, 4.69) is 19.1 Å². The van der Waals surface area contributed by atoms with Crippen LogP contribution in [-0.4, -0.2) is 28.4 Å². The van der Waals surface area contributed by atoms with Crippen molar-refractivity contribution in [2.75, 3.05) is 0 Å². The molecule has 0 spiro atoms. The summed E-state index contributed by atoms with van der Waals surface area (Å²) in [5.41, 5.74) is 1.14. The fraction of sp³-hybridized carbons (Fsp3) is 0.720. The molecule has 0 aliphatic heterocycles. The largest absolute Gasteiger partial charge is 0.481 e. The van der Waals surface area contributed by atoms with Crippen molar-refractivity contribution >= 4 is 5.97 Å². The third-order valence-electron chi connectivity index (χ3n) is 5.47. The minimum Gasteiger partial charge on any atom is -0.481 e. The van der Waals surface area contributed by atoms with Crippen LogP contribution in [0.5, 0.6) is 0 Å². The lowest BCUT2D eigenvalue weighted by molar-refractivity contribution is -0.137. The summed E-state index contributed by atoms with van der Waals surface area (Å²) >= 11 is 0. The molecular formula is C25H42O4. The predicted octanol–water partition coefficient (Wildman–Crippen LogP) is 6.50. The van der Waals surface area contributed by atoms with Gasteiger partial charge >= 0.3 is 5.97 Å². The molecule has 0 radical (unpaired) electrons. The molecule has 0 saturated carbocycles. The zero-order valence-corrected chi connectivity index (χ0v) is 18.4. The summed E-state index contributed by atoms with van der Waals surface area (Å²) in [6.07, 6.45) is 13.6. The smallest absolute Gasteiger partial charge is 0.303 e. The summed E-state index contributed by atoms with van der Waals surface area (Å²) in [5.74, 6) is -0.702. The first kappa shape index (κ1) is 25.6. The second-order valence-electron chi connectivity index (χ2n) is 8.16. The number of aliphatic hydroxyl groups excluding tert-OH is 1. The van der Waals surface area contributed by atoms with Gasteiger partial charge in [-0.25, -0.2) is 0 Å². The summed E-state index contributed by atoms with van der Waals surface area (Å²) in [4.78, 5) is 10.5. The highest BCUT2D eigenvalue weighted by Crippen LogP contribution is 2.19. The second-order valence-corrected chi connectivity index (χ2v) is 8.16. The summed E-state index contributed by atoms with van der Waals surface area (Å²) < 4.78 is 6.12. The minimum absolute atomic E-state index is 0.103. The molecule has 1 aromatic carbocycles. The molecule has 2 N–H and O–H groups in total. The molecular weight excluding hydrogens is 364 g/mol. The van der Waals surface area contributed by atoms with E-state index in [1.54, 1.807) is 0 Å². The average Bonchev–Trinajstić information content (AvgIpc) is 2.72. The number of carbonyl (C=O) groups is 1. The molecule has 4 heteroatoms. The second kappa shape index (κ2) is 17.5. The number of ether oxygens (including phenoxy) is 1. The molecule has 0 heterocycles. The van der Waals surface area contributed by atoms with Gasteiger partial charge in [0.15, 0.2) is 0 Å². The molecule has 1 rings (SSSR count). The Balaban J connectivity index is 2.30. The SMILES string of the molecule is CCCCCCCC(O)C(CCCCCCCCC(=O)O)OCc1ccccc1. The van der Waals surface area contributed by atoms with Gasteiger partial charge in [-0.3, -0.25) is 4.79 Å². The molecule has 0 bridgehead atoms. The van der Waals surface area contributed by atoms with Gasteiger partial charge in [0.25, 0.3) is 0 Å². The first-order valence-corrected chi connectivity index (χ1v) is 11.7. The lowest BCUT2D eigenvalue weighted by Gasteiger charge is -2.24.